The molecule has 0 aliphatic heterocycles. The van der Waals surface area contributed by atoms with E-state index in [2.05, 4.69) is 0 Å². The molecule has 0 fully saturated rings. The number of hydrogen-bond donors (Lipinski definition) is 0. The van der Waals surface area contributed by atoms with Gasteiger partial charge in [0.25, 0.3) is 0 Å². The Balaban J connectivity index is 0.00000650. The molecule has 0 aromatic heterocycles. The van der Waals surface area contributed by atoms with Gasteiger partial charge in [-0.3, -0.25) is 0 Å². The van der Waals surface area contributed by atoms with E-state index in [1.807, 2.05) is 0 Å². The van der Waals surface area contributed by atoms with Gasteiger partial charge in [-0.15, -0.1) is 0 Å². The molecule has 0 unspecified atom stereocenters. The third-order valence-corrected chi connectivity index (χ3v) is 14.5. The molecule has 4 aromatic carbocycles. The van der Waals surface area contributed by atoms with E-state index in [1.165, 1.54) is 0 Å². The van der Waals surface area contributed by atoms with E-state index in [4.69, 9.17) is 23.2 Å². The number of benzene rings is 4. The second-order valence-corrected chi connectivity index (χ2v) is 19.4. The summed E-state index contributed by atoms with van der Waals surface area (Å²) in [5, 5.41) is -0.793. The van der Waals surface area contributed by atoms with Crippen LogP contribution in [0.2, 0.25) is 10.0 Å². The van der Waals surface area contributed by atoms with Gasteiger partial charge < -0.3 is 18.2 Å². The van der Waals surface area contributed by atoms with Gasteiger partial charge in [0.05, 0.1) is 39.2 Å². The summed E-state index contributed by atoms with van der Waals surface area (Å²) < 4.78 is 198. The summed E-state index contributed by atoms with van der Waals surface area (Å²) >= 11 is 11.3. The summed E-state index contributed by atoms with van der Waals surface area (Å²) in [6.45, 7) is 0. The fourth-order valence-electron chi connectivity index (χ4n) is 4.25. The fraction of sp³-hybridized carbons (Fsp3) is 0. The van der Waals surface area contributed by atoms with E-state index in [9.17, 15) is 68.7 Å². The Morgan fingerprint density at radius 3 is 0.769 bits per heavy atom. The van der Waals surface area contributed by atoms with Gasteiger partial charge in [0, 0.05) is 10.0 Å². The maximum Gasteiger partial charge on any atom is 1.00 e. The summed E-state index contributed by atoms with van der Waals surface area (Å²) in [5.74, 6) is 0. The van der Waals surface area contributed by atoms with Gasteiger partial charge in [-0.25, -0.2) is 50.5 Å². The van der Waals surface area contributed by atoms with Gasteiger partial charge in [0.15, 0.2) is 0 Å². The van der Waals surface area contributed by atoms with Crippen molar-refractivity contribution in [2.75, 3.05) is 0 Å². The summed E-state index contributed by atoms with van der Waals surface area (Å²) in [7, 11) is -33.3. The summed E-state index contributed by atoms with van der Waals surface area (Å²) in [6, 6.07) is 6.98. The molecule has 28 heteroatoms. The van der Waals surface area contributed by atoms with Crippen molar-refractivity contribution in [3.63, 3.8) is 0 Å². The molecule has 0 bridgehead atoms. The average molecular weight is 912 g/mol. The van der Waals surface area contributed by atoms with Crippen LogP contribution in [-0.4, -0.2) is 68.7 Å². The molecule has 0 heterocycles. The molecule has 0 aliphatic carbocycles. The molecule has 16 nitrogen and oxygen atoms in total. The van der Waals surface area contributed by atoms with E-state index in [-0.39, 0.29) is 118 Å². The molecule has 4 aromatic rings. The van der Waals surface area contributed by atoms with Gasteiger partial charge >= 0.3 is 118 Å². The van der Waals surface area contributed by atoms with Gasteiger partial charge in [0.1, 0.15) is 40.5 Å². The predicted molar refractivity (Wildman–Crippen MR) is 158 cm³/mol. The number of hydrogen-bond acceptors (Lipinski definition) is 16. The van der Waals surface area contributed by atoms with Crippen LogP contribution >= 0.6 is 23.2 Å². The SMILES string of the molecule is O=S(=O)([O-])c1cc(Cl)ccc1S(=O)(=O)c1ccc(-c2ccc(S(=O)(=O)c3ccc(Cl)cc3S(=O)(=O)[O-])c(S(=O)(=O)[O-])c2)cc1S(=O)(=O)[O-].[Na+].[Na+].[Na+].[Na+]. The third kappa shape index (κ3) is 11.6. The number of rotatable bonds is 9. The van der Waals surface area contributed by atoms with E-state index in [1.54, 1.807) is 0 Å². The zero-order chi connectivity index (χ0) is 36.4. The minimum atomic E-state index is -5.80. The van der Waals surface area contributed by atoms with Crippen LogP contribution in [0.25, 0.3) is 11.1 Å². The molecule has 0 aliphatic rings. The zero-order valence-corrected chi connectivity index (χ0v) is 41.1. The van der Waals surface area contributed by atoms with Crippen LogP contribution in [0, 0.1) is 0 Å². The molecule has 52 heavy (non-hydrogen) atoms. The van der Waals surface area contributed by atoms with Gasteiger partial charge in [-0.2, -0.15) is 0 Å². The molecule has 4 rings (SSSR count). The van der Waals surface area contributed by atoms with Gasteiger partial charge in [-0.1, -0.05) is 35.3 Å². The standard InChI is InChI=1S/C24H16Cl2O16S6.4Na/c25-15-3-7-19(23(11-15)47(37,38)39)43(27,28)17-5-1-13(9-21(17)45(31,32)33)14-2-6-18(22(10-14)46(34,35)36)44(29,30)20-8-4-16(26)12-24(20)48(40,41)42;;;;/h1-12H,(H,31,32,33)(H,34,35,36)(H,37,38,39)(H,40,41,42);;;;/q;4*+1/p-4. The Kier molecular flexibility index (Phi) is 19.1. The Morgan fingerprint density at radius 1 is 0.327 bits per heavy atom. The van der Waals surface area contributed by atoms with Crippen molar-refractivity contribution in [1.29, 1.82) is 0 Å². The first-order valence-corrected chi connectivity index (χ1v) is 21.2. The molecule has 0 atom stereocenters. The van der Waals surface area contributed by atoms with E-state index < -0.39 is 120 Å². The van der Waals surface area contributed by atoms with Crippen LogP contribution in [0.5, 0.6) is 0 Å². The summed E-state index contributed by atoms with van der Waals surface area (Å²) in [6.07, 6.45) is 0. The minimum absolute atomic E-state index is 0. The molecular formula is C24H12Cl2Na4O16S6. The second-order valence-electron chi connectivity index (χ2n) is 9.33. The van der Waals surface area contributed by atoms with Crippen LogP contribution in [-0.2, 0) is 60.1 Å². The third-order valence-electron chi connectivity index (χ3n) is 6.27. The predicted octanol–water partition coefficient (Wildman–Crippen LogP) is -10.0. The van der Waals surface area contributed by atoms with E-state index >= 15 is 0 Å². The topological polar surface area (TPSA) is 297 Å². The smallest absolute Gasteiger partial charge is 0.744 e. The molecule has 0 saturated carbocycles. The van der Waals surface area contributed by atoms with Crippen molar-refractivity contribution in [1.82, 2.24) is 0 Å². The van der Waals surface area contributed by atoms with Crippen molar-refractivity contribution in [2.24, 2.45) is 0 Å². The summed E-state index contributed by atoms with van der Waals surface area (Å²) in [5.41, 5.74) is -1.03. The zero-order valence-electron chi connectivity index (χ0n) is 26.7. The normalized spacial score (nSPS) is 12.3. The first-order valence-electron chi connectivity index (χ1n) is 11.9. The van der Waals surface area contributed by atoms with E-state index in [0.29, 0.717) is 48.5 Å². The van der Waals surface area contributed by atoms with Crippen molar-refractivity contribution < 1.29 is 187 Å². The largest absolute Gasteiger partial charge is 1.00 e. The Hall–Kier alpha value is 1.00. The van der Waals surface area contributed by atoms with Crippen molar-refractivity contribution in [2.45, 2.75) is 39.2 Å². The Bertz CT molecular complexity index is 2540. The van der Waals surface area contributed by atoms with E-state index in [0.717, 1.165) is 24.3 Å². The molecule has 0 spiro atoms. The Morgan fingerprint density at radius 2 is 0.538 bits per heavy atom. The molecule has 0 radical (unpaired) electrons. The fourth-order valence-corrected chi connectivity index (χ4v) is 12.4. The van der Waals surface area contributed by atoms with Crippen molar-refractivity contribution >= 4 is 83.3 Å². The maximum atomic E-state index is 13.4. The Labute approximate surface area is 397 Å². The molecule has 258 valence electrons. The number of sulfone groups is 2. The van der Waals surface area contributed by atoms with Crippen LogP contribution in [0.1, 0.15) is 0 Å². The van der Waals surface area contributed by atoms with Gasteiger partial charge in [-0.05, 0) is 71.8 Å². The van der Waals surface area contributed by atoms with Crippen LogP contribution in [0.4, 0.5) is 0 Å². The van der Waals surface area contributed by atoms with Crippen molar-refractivity contribution in [3.05, 3.63) is 82.8 Å². The molecule has 0 amide bonds. The van der Waals surface area contributed by atoms with Crippen LogP contribution in [0.15, 0.2) is 112 Å². The molecule has 0 N–H and O–H groups in total. The van der Waals surface area contributed by atoms with Gasteiger partial charge in [0.2, 0.25) is 19.7 Å². The monoisotopic (exact) mass is 910 g/mol. The van der Waals surface area contributed by atoms with Crippen LogP contribution in [0.3, 0.4) is 0 Å². The van der Waals surface area contributed by atoms with Crippen molar-refractivity contribution in [3.8, 4) is 11.1 Å². The first-order chi connectivity index (χ1) is 21.7. The average Bonchev–Trinajstić information content (AvgIpc) is 2.94. The molecular weight excluding hydrogens is 900 g/mol. The number of halogens is 2. The van der Waals surface area contributed by atoms with Crippen LogP contribution < -0.4 is 118 Å². The second kappa shape index (κ2) is 18.7. The quantitative estimate of drug-likeness (QED) is 0.111. The summed E-state index contributed by atoms with van der Waals surface area (Å²) in [4.78, 5) is -11.0. The maximum absolute atomic E-state index is 13.4. The molecule has 0 saturated heterocycles. The minimum Gasteiger partial charge on any atom is -0.744 e. The first kappa shape index (κ1) is 53.0.